The average Bonchev–Trinajstić information content (AvgIpc) is 2.47. The minimum Gasteiger partial charge on any atom is -0.381 e. The van der Waals surface area contributed by atoms with E-state index in [1.807, 2.05) is 6.92 Å². The maximum atomic E-state index is 14.0. The molecule has 0 spiro atoms. The molecule has 1 aliphatic heterocycles. The number of rotatable bonds is 6. The van der Waals surface area contributed by atoms with Crippen molar-refractivity contribution in [3.05, 3.63) is 17.7 Å². The zero-order chi connectivity index (χ0) is 15.2. The summed E-state index contributed by atoms with van der Waals surface area (Å²) in [5.41, 5.74) is 0. The lowest BCUT2D eigenvalue weighted by Gasteiger charge is -2.28. The fraction of sp³-hybridized carbons (Fsp3) is 0.667. The van der Waals surface area contributed by atoms with Crippen molar-refractivity contribution in [3.8, 4) is 0 Å². The van der Waals surface area contributed by atoms with Crippen molar-refractivity contribution in [1.29, 1.82) is 0 Å². The van der Waals surface area contributed by atoms with E-state index in [2.05, 4.69) is 10.3 Å². The van der Waals surface area contributed by atoms with E-state index in [-0.39, 0.29) is 11.6 Å². The minimum atomic E-state index is -0.654. The zero-order valence-corrected chi connectivity index (χ0v) is 12.7. The predicted molar refractivity (Wildman–Crippen MR) is 79.7 cm³/mol. The Hall–Kier alpha value is -1.43. The van der Waals surface area contributed by atoms with Gasteiger partial charge in [-0.3, -0.25) is 0 Å². The first kappa shape index (κ1) is 15.9. The molecular formula is C15H23F2N3O. The van der Waals surface area contributed by atoms with Gasteiger partial charge in [0.25, 0.3) is 0 Å². The fourth-order valence-corrected chi connectivity index (χ4v) is 2.52. The van der Waals surface area contributed by atoms with Crippen LogP contribution in [0.2, 0.25) is 0 Å². The van der Waals surface area contributed by atoms with E-state index >= 15 is 0 Å². The van der Waals surface area contributed by atoms with Crippen molar-refractivity contribution >= 4 is 11.6 Å². The van der Waals surface area contributed by atoms with Crippen molar-refractivity contribution < 1.29 is 13.5 Å². The molecule has 0 radical (unpaired) electrons. The van der Waals surface area contributed by atoms with E-state index in [1.54, 1.807) is 11.9 Å². The van der Waals surface area contributed by atoms with Crippen molar-refractivity contribution in [2.45, 2.75) is 26.2 Å². The Kier molecular flexibility index (Phi) is 5.73. The van der Waals surface area contributed by atoms with Crippen LogP contribution >= 0.6 is 0 Å². The van der Waals surface area contributed by atoms with Crippen LogP contribution in [0.4, 0.5) is 20.4 Å². The summed E-state index contributed by atoms with van der Waals surface area (Å²) >= 11 is 0. The van der Waals surface area contributed by atoms with Crippen LogP contribution in [0.25, 0.3) is 0 Å². The molecule has 1 unspecified atom stereocenters. The number of anilines is 2. The van der Waals surface area contributed by atoms with Gasteiger partial charge in [-0.05, 0) is 25.2 Å². The van der Waals surface area contributed by atoms with Gasteiger partial charge in [-0.25, -0.2) is 13.8 Å². The van der Waals surface area contributed by atoms with E-state index in [1.165, 1.54) is 0 Å². The van der Waals surface area contributed by atoms with Crippen molar-refractivity contribution in [3.63, 3.8) is 0 Å². The Bertz CT molecular complexity index is 464. The number of hydrogen-bond acceptors (Lipinski definition) is 4. The molecule has 1 aromatic heterocycles. The molecule has 1 fully saturated rings. The van der Waals surface area contributed by atoms with Gasteiger partial charge in [-0.2, -0.15) is 0 Å². The third-order valence-corrected chi connectivity index (χ3v) is 3.60. The molecule has 1 aromatic rings. The Morgan fingerprint density at radius 2 is 2.24 bits per heavy atom. The lowest BCUT2D eigenvalue weighted by atomic mass is 10.0. The topological polar surface area (TPSA) is 37.4 Å². The molecule has 21 heavy (non-hydrogen) atoms. The normalized spacial score (nSPS) is 18.6. The average molecular weight is 299 g/mol. The summed E-state index contributed by atoms with van der Waals surface area (Å²) in [7, 11) is 1.78. The van der Waals surface area contributed by atoms with Crippen LogP contribution < -0.4 is 10.2 Å². The van der Waals surface area contributed by atoms with Crippen LogP contribution in [0.5, 0.6) is 0 Å². The number of pyridine rings is 1. The quantitative estimate of drug-likeness (QED) is 0.876. The van der Waals surface area contributed by atoms with Crippen molar-refractivity contribution in [2.75, 3.05) is 43.6 Å². The Morgan fingerprint density at radius 1 is 1.43 bits per heavy atom. The monoisotopic (exact) mass is 299 g/mol. The van der Waals surface area contributed by atoms with Crippen molar-refractivity contribution in [2.24, 2.45) is 5.92 Å². The van der Waals surface area contributed by atoms with Crippen LogP contribution in [0.3, 0.4) is 0 Å². The molecule has 2 heterocycles. The van der Waals surface area contributed by atoms with Crippen LogP contribution in [0, 0.1) is 17.6 Å². The molecule has 2 rings (SSSR count). The van der Waals surface area contributed by atoms with Gasteiger partial charge in [0.2, 0.25) is 0 Å². The zero-order valence-electron chi connectivity index (χ0n) is 12.7. The number of aromatic nitrogens is 1. The highest BCUT2D eigenvalue weighted by Crippen LogP contribution is 2.24. The number of ether oxygens (including phenoxy) is 1. The number of nitrogens with zero attached hydrogens (tertiary/aromatic N) is 2. The van der Waals surface area contributed by atoms with Gasteiger partial charge in [-0.15, -0.1) is 0 Å². The summed E-state index contributed by atoms with van der Waals surface area (Å²) in [6.07, 6.45) is 2.94. The van der Waals surface area contributed by atoms with Gasteiger partial charge < -0.3 is 15.0 Å². The molecule has 0 saturated carbocycles. The van der Waals surface area contributed by atoms with E-state index in [9.17, 15) is 8.78 Å². The lowest BCUT2D eigenvalue weighted by Crippen LogP contribution is -2.32. The molecule has 0 amide bonds. The standard InChI is InChI=1S/C15H23F2N3O/c1-3-6-18-14-12(16)8-13(17)15(19-14)20(2)9-11-5-4-7-21-10-11/h8,11H,3-7,9-10H2,1-2H3,(H,18,19). The summed E-state index contributed by atoms with van der Waals surface area (Å²) in [5, 5.41) is 2.88. The van der Waals surface area contributed by atoms with Crippen LogP contribution in [-0.4, -0.2) is 38.3 Å². The van der Waals surface area contributed by atoms with E-state index in [0.717, 1.165) is 31.9 Å². The number of halogens is 2. The molecule has 0 bridgehead atoms. The summed E-state index contributed by atoms with van der Waals surface area (Å²) in [4.78, 5) is 5.84. The second-order valence-corrected chi connectivity index (χ2v) is 5.51. The number of hydrogen-bond donors (Lipinski definition) is 1. The molecule has 1 aliphatic rings. The molecule has 0 aliphatic carbocycles. The smallest absolute Gasteiger partial charge is 0.168 e. The fourth-order valence-electron chi connectivity index (χ4n) is 2.52. The van der Waals surface area contributed by atoms with Crippen LogP contribution in [0.15, 0.2) is 6.07 Å². The van der Waals surface area contributed by atoms with Gasteiger partial charge >= 0.3 is 0 Å². The van der Waals surface area contributed by atoms with E-state index in [4.69, 9.17) is 4.74 Å². The summed E-state index contributed by atoms with van der Waals surface area (Å²) in [6.45, 7) is 4.73. The second-order valence-electron chi connectivity index (χ2n) is 5.51. The van der Waals surface area contributed by atoms with Crippen LogP contribution in [-0.2, 0) is 4.74 Å². The third-order valence-electron chi connectivity index (χ3n) is 3.60. The van der Waals surface area contributed by atoms with Gasteiger partial charge in [-0.1, -0.05) is 6.92 Å². The number of nitrogens with one attached hydrogen (secondary N) is 1. The minimum absolute atomic E-state index is 0.111. The molecule has 6 heteroatoms. The van der Waals surface area contributed by atoms with Gasteiger partial charge in [0, 0.05) is 32.8 Å². The Morgan fingerprint density at radius 3 is 2.90 bits per heavy atom. The van der Waals surface area contributed by atoms with Gasteiger partial charge in [0.05, 0.1) is 6.61 Å². The highest BCUT2D eigenvalue weighted by Gasteiger charge is 2.20. The first-order valence-corrected chi connectivity index (χ1v) is 7.50. The molecule has 0 aromatic carbocycles. The maximum Gasteiger partial charge on any atom is 0.168 e. The molecule has 1 atom stereocenters. The Balaban J connectivity index is 2.09. The SMILES string of the molecule is CCCNc1nc(N(C)CC2CCCOC2)c(F)cc1F. The first-order valence-electron chi connectivity index (χ1n) is 7.50. The molecule has 4 nitrogen and oxygen atoms in total. The molecule has 118 valence electrons. The van der Waals surface area contributed by atoms with Gasteiger partial charge in [0.1, 0.15) is 0 Å². The van der Waals surface area contributed by atoms with Crippen molar-refractivity contribution in [1.82, 2.24) is 4.98 Å². The summed E-state index contributed by atoms with van der Waals surface area (Å²) < 4.78 is 33.1. The molecular weight excluding hydrogens is 276 g/mol. The highest BCUT2D eigenvalue weighted by molar-refractivity contribution is 5.48. The lowest BCUT2D eigenvalue weighted by molar-refractivity contribution is 0.0575. The largest absolute Gasteiger partial charge is 0.381 e. The highest BCUT2D eigenvalue weighted by atomic mass is 19.1. The van der Waals surface area contributed by atoms with E-state index in [0.29, 0.717) is 25.6 Å². The second kappa shape index (κ2) is 7.54. The van der Waals surface area contributed by atoms with Crippen LogP contribution in [0.1, 0.15) is 26.2 Å². The third kappa shape index (κ3) is 4.27. The predicted octanol–water partition coefficient (Wildman–Crippen LogP) is 3.04. The first-order chi connectivity index (χ1) is 10.1. The maximum absolute atomic E-state index is 14.0. The summed E-state index contributed by atoms with van der Waals surface area (Å²) in [5.74, 6) is -0.629. The van der Waals surface area contributed by atoms with E-state index < -0.39 is 11.6 Å². The Labute approximate surface area is 124 Å². The molecule has 1 N–H and O–H groups in total. The van der Waals surface area contributed by atoms with Gasteiger partial charge in [0.15, 0.2) is 23.3 Å². The summed E-state index contributed by atoms with van der Waals surface area (Å²) in [6, 6.07) is 0.897. The molecule has 1 saturated heterocycles.